The molecule has 1 aromatic rings. The largest absolute Gasteiger partial charge is 0.416 e. The first-order chi connectivity index (χ1) is 10.8. The monoisotopic (exact) mass is 368 g/mol. The second-order valence-electron chi connectivity index (χ2n) is 5.23. The molecule has 0 aromatic heterocycles. The van der Waals surface area contributed by atoms with E-state index in [1.54, 1.807) is 24.9 Å². The van der Waals surface area contributed by atoms with Gasteiger partial charge in [0.25, 0.3) is 0 Å². The Morgan fingerprint density at radius 2 is 2.04 bits per heavy atom. The number of nitrogens with zero attached hydrogens (tertiary/aromatic N) is 1. The molecule has 8 heteroatoms. The molecule has 1 atom stereocenters. The normalized spacial score (nSPS) is 12.4. The van der Waals surface area contributed by atoms with Crippen LogP contribution >= 0.6 is 12.4 Å². The van der Waals surface area contributed by atoms with Gasteiger partial charge >= 0.3 is 6.18 Å². The fraction of sp³-hybridized carbons (Fsp3) is 0.562. The van der Waals surface area contributed by atoms with Crippen molar-refractivity contribution < 1.29 is 22.7 Å². The molecular formula is C16H24ClF3N2O2. The molecule has 1 unspecified atom stereocenters. The second kappa shape index (κ2) is 10.5. The van der Waals surface area contributed by atoms with Crippen LogP contribution in [0, 0.1) is 0 Å². The SMILES string of the molecule is CNCCC(=O)N(CCOC)C(C)c1cccc(C(F)(F)F)c1.Cl. The number of benzene rings is 1. The summed E-state index contributed by atoms with van der Waals surface area (Å²) in [5, 5.41) is 2.89. The van der Waals surface area contributed by atoms with E-state index in [9.17, 15) is 18.0 Å². The van der Waals surface area contributed by atoms with Crippen molar-refractivity contribution in [2.75, 3.05) is 33.9 Å². The van der Waals surface area contributed by atoms with Gasteiger partial charge in [-0.3, -0.25) is 4.79 Å². The predicted molar refractivity (Wildman–Crippen MR) is 89.2 cm³/mol. The summed E-state index contributed by atoms with van der Waals surface area (Å²) in [5.74, 6) is -0.124. The first-order valence-electron chi connectivity index (χ1n) is 7.41. The molecule has 0 radical (unpaired) electrons. The summed E-state index contributed by atoms with van der Waals surface area (Å²) in [6.45, 7) is 2.89. The molecule has 24 heavy (non-hydrogen) atoms. The Balaban J connectivity index is 0.00000529. The highest BCUT2D eigenvalue weighted by atomic mass is 35.5. The predicted octanol–water partition coefficient (Wildman–Crippen LogP) is 3.27. The minimum atomic E-state index is -4.40. The van der Waals surface area contributed by atoms with Gasteiger partial charge < -0.3 is 15.0 Å². The molecule has 4 nitrogen and oxygen atoms in total. The van der Waals surface area contributed by atoms with Crippen LogP contribution in [0.15, 0.2) is 24.3 Å². The molecule has 1 rings (SSSR count). The summed E-state index contributed by atoms with van der Waals surface area (Å²) >= 11 is 0. The van der Waals surface area contributed by atoms with Gasteiger partial charge in [-0.25, -0.2) is 0 Å². The van der Waals surface area contributed by atoms with Crippen LogP contribution in [0.5, 0.6) is 0 Å². The smallest absolute Gasteiger partial charge is 0.383 e. The van der Waals surface area contributed by atoms with Crippen LogP contribution in [0.25, 0.3) is 0 Å². The van der Waals surface area contributed by atoms with Crippen molar-refractivity contribution in [3.05, 3.63) is 35.4 Å². The molecule has 138 valence electrons. The average Bonchev–Trinajstić information content (AvgIpc) is 2.52. The van der Waals surface area contributed by atoms with Gasteiger partial charge in [-0.1, -0.05) is 12.1 Å². The molecule has 0 saturated heterocycles. The van der Waals surface area contributed by atoms with Crippen molar-refractivity contribution in [2.24, 2.45) is 0 Å². The average molecular weight is 369 g/mol. The molecule has 0 aliphatic rings. The number of methoxy groups -OCH3 is 1. The van der Waals surface area contributed by atoms with E-state index < -0.39 is 17.8 Å². The molecule has 0 aliphatic carbocycles. The minimum absolute atomic E-state index is 0. The third-order valence-electron chi connectivity index (χ3n) is 3.61. The van der Waals surface area contributed by atoms with E-state index in [2.05, 4.69) is 5.32 Å². The third-order valence-corrected chi connectivity index (χ3v) is 3.61. The standard InChI is InChI=1S/C16H23F3N2O2.ClH/c1-12(13-5-4-6-14(11-13)16(17,18)19)21(9-10-23-3)15(22)7-8-20-2;/h4-6,11-12,20H,7-10H2,1-3H3;1H. The van der Waals surface area contributed by atoms with E-state index in [0.29, 0.717) is 25.3 Å². The molecule has 0 heterocycles. The van der Waals surface area contributed by atoms with Crippen LogP contribution < -0.4 is 5.32 Å². The van der Waals surface area contributed by atoms with E-state index in [0.717, 1.165) is 12.1 Å². The van der Waals surface area contributed by atoms with E-state index in [4.69, 9.17) is 4.74 Å². The van der Waals surface area contributed by atoms with Crippen LogP contribution in [0.2, 0.25) is 0 Å². The summed E-state index contributed by atoms with van der Waals surface area (Å²) in [6, 6.07) is 4.62. The summed E-state index contributed by atoms with van der Waals surface area (Å²) < 4.78 is 43.6. The second-order valence-corrected chi connectivity index (χ2v) is 5.23. The highest BCUT2D eigenvalue weighted by molar-refractivity contribution is 5.85. The first kappa shape index (κ1) is 22.7. The summed E-state index contributed by atoms with van der Waals surface area (Å²) in [6.07, 6.45) is -4.12. The Hall–Kier alpha value is -1.31. The number of rotatable bonds is 8. The number of alkyl halides is 3. The van der Waals surface area contributed by atoms with Crippen LogP contribution in [0.3, 0.4) is 0 Å². The highest BCUT2D eigenvalue weighted by Gasteiger charge is 2.31. The maximum Gasteiger partial charge on any atom is 0.416 e. The van der Waals surface area contributed by atoms with Crippen molar-refractivity contribution in [1.29, 1.82) is 0 Å². The van der Waals surface area contributed by atoms with Crippen molar-refractivity contribution in [3.63, 3.8) is 0 Å². The number of halogens is 4. The van der Waals surface area contributed by atoms with Gasteiger partial charge in [0.05, 0.1) is 18.2 Å². The van der Waals surface area contributed by atoms with Crippen molar-refractivity contribution in [2.45, 2.75) is 25.6 Å². The van der Waals surface area contributed by atoms with Crippen molar-refractivity contribution in [3.8, 4) is 0 Å². The first-order valence-corrected chi connectivity index (χ1v) is 7.41. The van der Waals surface area contributed by atoms with Crippen molar-refractivity contribution in [1.82, 2.24) is 10.2 Å². The number of amides is 1. The van der Waals surface area contributed by atoms with Crippen molar-refractivity contribution >= 4 is 18.3 Å². The summed E-state index contributed by atoms with van der Waals surface area (Å²) in [4.78, 5) is 13.9. The lowest BCUT2D eigenvalue weighted by molar-refractivity contribution is -0.137. The molecule has 1 amide bonds. The molecule has 0 saturated carbocycles. The Bertz CT molecular complexity index is 512. The zero-order valence-corrected chi connectivity index (χ0v) is 14.8. The third kappa shape index (κ3) is 6.67. The van der Waals surface area contributed by atoms with E-state index in [1.807, 2.05) is 0 Å². The molecule has 1 aromatic carbocycles. The minimum Gasteiger partial charge on any atom is -0.383 e. The Labute approximate surface area is 146 Å². The van der Waals surface area contributed by atoms with Gasteiger partial charge in [0, 0.05) is 26.6 Å². The molecular weight excluding hydrogens is 345 g/mol. The van der Waals surface area contributed by atoms with Gasteiger partial charge in [-0.2, -0.15) is 13.2 Å². The van der Waals surface area contributed by atoms with Gasteiger partial charge in [0.15, 0.2) is 0 Å². The van der Waals surface area contributed by atoms with Crippen LogP contribution in [-0.4, -0.2) is 44.7 Å². The zero-order valence-electron chi connectivity index (χ0n) is 14.0. The van der Waals surface area contributed by atoms with Gasteiger partial charge in [-0.15, -0.1) is 12.4 Å². The van der Waals surface area contributed by atoms with E-state index in [-0.39, 0.29) is 24.7 Å². The van der Waals surface area contributed by atoms with Crippen LogP contribution in [-0.2, 0) is 15.7 Å². The lowest BCUT2D eigenvalue weighted by Gasteiger charge is -2.30. The summed E-state index contributed by atoms with van der Waals surface area (Å²) in [7, 11) is 3.26. The lowest BCUT2D eigenvalue weighted by Crippen LogP contribution is -2.37. The molecule has 0 bridgehead atoms. The van der Waals surface area contributed by atoms with Gasteiger partial charge in [-0.05, 0) is 31.7 Å². The zero-order chi connectivity index (χ0) is 17.5. The highest BCUT2D eigenvalue weighted by Crippen LogP contribution is 2.31. The van der Waals surface area contributed by atoms with Crippen LogP contribution in [0.4, 0.5) is 13.2 Å². The van der Waals surface area contributed by atoms with E-state index >= 15 is 0 Å². The molecule has 1 N–H and O–H groups in total. The number of hydrogen-bond donors (Lipinski definition) is 1. The number of hydrogen-bond acceptors (Lipinski definition) is 3. The summed E-state index contributed by atoms with van der Waals surface area (Å²) in [5.41, 5.74) is -0.259. The van der Waals surface area contributed by atoms with E-state index in [1.165, 1.54) is 13.2 Å². The van der Waals surface area contributed by atoms with Gasteiger partial charge in [0.1, 0.15) is 0 Å². The fourth-order valence-electron chi connectivity index (χ4n) is 2.25. The lowest BCUT2D eigenvalue weighted by atomic mass is 10.0. The molecule has 0 aliphatic heterocycles. The number of carbonyl (C=O) groups excluding carboxylic acids is 1. The quantitative estimate of drug-likeness (QED) is 0.765. The Kier molecular flexibility index (Phi) is 9.96. The Morgan fingerprint density at radius 1 is 1.38 bits per heavy atom. The topological polar surface area (TPSA) is 41.6 Å². The number of carbonyl (C=O) groups is 1. The molecule has 0 fully saturated rings. The maximum absolute atomic E-state index is 12.9. The Morgan fingerprint density at radius 3 is 2.58 bits per heavy atom. The van der Waals surface area contributed by atoms with Gasteiger partial charge in [0.2, 0.25) is 5.91 Å². The maximum atomic E-state index is 12.9. The molecule has 0 spiro atoms. The number of ether oxygens (including phenoxy) is 1. The van der Waals surface area contributed by atoms with Crippen LogP contribution in [0.1, 0.15) is 30.5 Å². The number of nitrogens with one attached hydrogen (secondary N) is 1. The fourth-order valence-corrected chi connectivity index (χ4v) is 2.25.